The number of benzene rings is 1. The number of fused-ring (bicyclic) bond motifs is 1. The Kier molecular flexibility index (Phi) is 7.66. The average Bonchev–Trinajstić information content (AvgIpc) is 3.00. The van der Waals surface area contributed by atoms with Crippen LogP contribution in [0.15, 0.2) is 28.7 Å². The highest BCUT2D eigenvalue weighted by Gasteiger charge is 2.24. The number of rotatable bonds is 10. The van der Waals surface area contributed by atoms with E-state index in [1.54, 1.807) is 0 Å². The molecule has 26 heavy (non-hydrogen) atoms. The van der Waals surface area contributed by atoms with Crippen LogP contribution in [0.2, 0.25) is 0 Å². The normalized spacial score (nSPS) is 11.8. The van der Waals surface area contributed by atoms with Crippen molar-refractivity contribution in [3.63, 3.8) is 0 Å². The molecule has 1 aromatic carbocycles. The van der Waals surface area contributed by atoms with Crippen LogP contribution in [0, 0.1) is 6.92 Å². The van der Waals surface area contributed by atoms with Crippen molar-refractivity contribution >= 4 is 16.9 Å². The lowest BCUT2D eigenvalue weighted by atomic mass is 10.1. The van der Waals surface area contributed by atoms with Crippen molar-refractivity contribution in [2.75, 3.05) is 39.3 Å². The van der Waals surface area contributed by atoms with Crippen LogP contribution in [0.4, 0.5) is 0 Å². The first-order valence-corrected chi connectivity index (χ1v) is 9.67. The Balaban J connectivity index is 2.18. The van der Waals surface area contributed by atoms with Crippen LogP contribution in [-0.4, -0.2) is 61.1 Å². The van der Waals surface area contributed by atoms with Crippen molar-refractivity contribution in [1.82, 2.24) is 9.80 Å². The van der Waals surface area contributed by atoms with Gasteiger partial charge in [0.2, 0.25) is 5.76 Å². The summed E-state index contributed by atoms with van der Waals surface area (Å²) in [6.45, 7) is 15.6. The van der Waals surface area contributed by atoms with E-state index in [4.69, 9.17) is 9.15 Å². The molecule has 0 radical (unpaired) electrons. The van der Waals surface area contributed by atoms with Crippen molar-refractivity contribution in [2.45, 2.75) is 40.7 Å². The Morgan fingerprint density at radius 2 is 1.54 bits per heavy atom. The van der Waals surface area contributed by atoms with Gasteiger partial charge in [0.25, 0.3) is 0 Å². The van der Waals surface area contributed by atoms with Gasteiger partial charge in [-0.2, -0.15) is 0 Å². The minimum Gasteiger partial charge on any atom is -0.454 e. The molecular formula is C21H32N2O3. The third-order valence-electron chi connectivity index (χ3n) is 5.02. The van der Waals surface area contributed by atoms with Gasteiger partial charge in [-0.05, 0) is 39.2 Å². The maximum Gasteiger partial charge on any atom is 0.374 e. The zero-order chi connectivity index (χ0) is 19.1. The molecule has 5 nitrogen and oxygen atoms in total. The molecule has 0 bridgehead atoms. The highest BCUT2D eigenvalue weighted by Crippen LogP contribution is 2.25. The molecule has 0 saturated carbocycles. The van der Waals surface area contributed by atoms with E-state index in [9.17, 15) is 4.79 Å². The summed E-state index contributed by atoms with van der Waals surface area (Å²) < 4.78 is 11.7. The monoisotopic (exact) mass is 360 g/mol. The van der Waals surface area contributed by atoms with Crippen molar-refractivity contribution in [3.05, 3.63) is 35.6 Å². The molecule has 0 saturated heterocycles. The topological polar surface area (TPSA) is 45.9 Å². The van der Waals surface area contributed by atoms with Crippen LogP contribution in [0.1, 0.15) is 43.8 Å². The molecule has 0 aliphatic carbocycles. The van der Waals surface area contributed by atoms with Gasteiger partial charge < -0.3 is 19.0 Å². The Labute approximate surface area is 156 Å². The van der Waals surface area contributed by atoms with E-state index in [0.717, 1.165) is 55.8 Å². The summed E-state index contributed by atoms with van der Waals surface area (Å²) in [5.41, 5.74) is 1.57. The Morgan fingerprint density at radius 3 is 2.04 bits per heavy atom. The molecule has 0 atom stereocenters. The molecule has 1 heterocycles. The number of hydrogen-bond acceptors (Lipinski definition) is 5. The van der Waals surface area contributed by atoms with Crippen molar-refractivity contribution in [3.8, 4) is 0 Å². The molecule has 5 heteroatoms. The second-order valence-corrected chi connectivity index (χ2v) is 6.55. The fourth-order valence-electron chi connectivity index (χ4n) is 3.25. The number of carbonyl (C=O) groups excluding carboxylic acids is 1. The number of hydrogen-bond donors (Lipinski definition) is 0. The number of furan rings is 1. The average molecular weight is 360 g/mol. The molecule has 0 N–H and O–H groups in total. The van der Waals surface area contributed by atoms with Gasteiger partial charge in [0, 0.05) is 24.0 Å². The summed E-state index contributed by atoms with van der Waals surface area (Å²) >= 11 is 0. The standard InChI is InChI=1S/C21H32N2O3/c1-6-22(7-2)14-17(15-23(8-3)9-4)25-21(24)20-16(5)18-12-10-11-13-19(18)26-20/h10-13,17H,6-9,14-15H2,1-5H3. The van der Waals surface area contributed by atoms with E-state index < -0.39 is 0 Å². The molecule has 0 unspecified atom stereocenters. The Bertz CT molecular complexity index is 688. The highest BCUT2D eigenvalue weighted by atomic mass is 16.6. The van der Waals surface area contributed by atoms with Gasteiger partial charge in [0.15, 0.2) is 0 Å². The zero-order valence-corrected chi connectivity index (χ0v) is 16.7. The molecule has 0 aliphatic rings. The largest absolute Gasteiger partial charge is 0.454 e. The van der Waals surface area contributed by atoms with Crippen LogP contribution in [0.5, 0.6) is 0 Å². The quantitative estimate of drug-likeness (QED) is 0.600. The number of carbonyl (C=O) groups is 1. The minimum absolute atomic E-state index is 0.185. The van der Waals surface area contributed by atoms with E-state index in [2.05, 4.69) is 37.5 Å². The van der Waals surface area contributed by atoms with Gasteiger partial charge in [0.1, 0.15) is 11.7 Å². The fraction of sp³-hybridized carbons (Fsp3) is 0.571. The van der Waals surface area contributed by atoms with Crippen LogP contribution in [0.25, 0.3) is 11.0 Å². The Morgan fingerprint density at radius 1 is 1.00 bits per heavy atom. The first kappa shape index (κ1) is 20.5. The molecule has 0 amide bonds. The van der Waals surface area contributed by atoms with Gasteiger partial charge in [-0.15, -0.1) is 0 Å². The van der Waals surface area contributed by atoms with E-state index >= 15 is 0 Å². The van der Waals surface area contributed by atoms with Crippen molar-refractivity contribution < 1.29 is 13.9 Å². The highest BCUT2D eigenvalue weighted by molar-refractivity contribution is 5.95. The number of likely N-dealkylation sites (N-methyl/N-ethyl adjacent to an activating group) is 2. The van der Waals surface area contributed by atoms with Crippen LogP contribution < -0.4 is 0 Å². The fourth-order valence-corrected chi connectivity index (χ4v) is 3.25. The molecule has 2 aromatic rings. The van der Waals surface area contributed by atoms with Gasteiger partial charge in [-0.25, -0.2) is 4.79 Å². The zero-order valence-electron chi connectivity index (χ0n) is 16.7. The first-order valence-electron chi connectivity index (χ1n) is 9.67. The summed E-state index contributed by atoms with van der Waals surface area (Å²) in [6.07, 6.45) is -0.185. The SMILES string of the molecule is CCN(CC)CC(CN(CC)CC)OC(=O)c1oc2ccccc2c1C. The molecule has 0 spiro atoms. The number of esters is 1. The summed E-state index contributed by atoms with van der Waals surface area (Å²) in [4.78, 5) is 17.4. The number of nitrogens with zero attached hydrogens (tertiary/aromatic N) is 2. The predicted octanol–water partition coefficient (Wildman–Crippen LogP) is 3.95. The maximum absolute atomic E-state index is 12.8. The van der Waals surface area contributed by atoms with E-state index in [1.165, 1.54) is 0 Å². The van der Waals surface area contributed by atoms with E-state index in [1.807, 2.05) is 31.2 Å². The number of ether oxygens (including phenoxy) is 1. The third kappa shape index (κ3) is 4.86. The van der Waals surface area contributed by atoms with E-state index in [-0.39, 0.29) is 12.1 Å². The van der Waals surface area contributed by atoms with Crippen molar-refractivity contribution in [1.29, 1.82) is 0 Å². The molecule has 0 fully saturated rings. The van der Waals surface area contributed by atoms with Gasteiger partial charge in [-0.3, -0.25) is 0 Å². The van der Waals surface area contributed by atoms with Crippen LogP contribution >= 0.6 is 0 Å². The molecular weight excluding hydrogens is 328 g/mol. The second-order valence-electron chi connectivity index (χ2n) is 6.55. The van der Waals surface area contributed by atoms with E-state index in [0.29, 0.717) is 5.76 Å². The summed E-state index contributed by atoms with van der Waals surface area (Å²) in [5, 5.41) is 0.962. The van der Waals surface area contributed by atoms with Gasteiger partial charge in [-0.1, -0.05) is 45.9 Å². The molecule has 1 aromatic heterocycles. The second kappa shape index (κ2) is 9.74. The van der Waals surface area contributed by atoms with Crippen molar-refractivity contribution in [2.24, 2.45) is 0 Å². The number of para-hydroxylation sites is 1. The lowest BCUT2D eigenvalue weighted by Crippen LogP contribution is -2.42. The Hall–Kier alpha value is -1.85. The summed E-state index contributed by atoms with van der Waals surface area (Å²) in [7, 11) is 0. The lowest BCUT2D eigenvalue weighted by Gasteiger charge is -2.29. The molecule has 2 rings (SSSR count). The number of aryl methyl sites for hydroxylation is 1. The predicted molar refractivity (Wildman–Crippen MR) is 106 cm³/mol. The first-order chi connectivity index (χ1) is 12.5. The van der Waals surface area contributed by atoms with Gasteiger partial charge >= 0.3 is 5.97 Å². The van der Waals surface area contributed by atoms with Crippen LogP contribution in [-0.2, 0) is 4.74 Å². The molecule has 0 aliphatic heterocycles. The summed E-state index contributed by atoms with van der Waals surface area (Å²) in [6, 6.07) is 7.70. The molecule has 144 valence electrons. The van der Waals surface area contributed by atoms with Gasteiger partial charge in [0.05, 0.1) is 0 Å². The third-order valence-corrected chi connectivity index (χ3v) is 5.02. The van der Waals surface area contributed by atoms with Crippen LogP contribution in [0.3, 0.4) is 0 Å². The lowest BCUT2D eigenvalue weighted by molar-refractivity contribution is 0.00792. The summed E-state index contributed by atoms with van der Waals surface area (Å²) in [5.74, 6) is -0.0571. The smallest absolute Gasteiger partial charge is 0.374 e. The maximum atomic E-state index is 12.8. The minimum atomic E-state index is -0.372.